The first-order valence-electron chi connectivity index (χ1n) is 4.22. The van der Waals surface area contributed by atoms with E-state index in [-0.39, 0.29) is 11.9 Å². The lowest BCUT2D eigenvalue weighted by atomic mass is 10.1. The number of ether oxygens (including phenoxy) is 1. The molecule has 1 heterocycles. The highest BCUT2D eigenvalue weighted by atomic mass is 32.1. The highest BCUT2D eigenvalue weighted by molar-refractivity contribution is 7.80. The van der Waals surface area contributed by atoms with Gasteiger partial charge in [-0.05, 0) is 25.6 Å². The molecule has 2 N–H and O–H groups in total. The predicted molar refractivity (Wildman–Crippen MR) is 56.1 cm³/mol. The van der Waals surface area contributed by atoms with Crippen LogP contribution in [-0.4, -0.2) is 42.2 Å². The summed E-state index contributed by atoms with van der Waals surface area (Å²) in [6, 6.07) is 0.290. The average Bonchev–Trinajstić information content (AvgIpc) is 2.10. The molecule has 2 atom stereocenters. The highest BCUT2D eigenvalue weighted by Crippen LogP contribution is 2.13. The maximum Gasteiger partial charge on any atom is 0.203 e. The Morgan fingerprint density at radius 3 is 2.92 bits per heavy atom. The van der Waals surface area contributed by atoms with Crippen molar-refractivity contribution in [3.8, 4) is 0 Å². The molecular formula is C8H15N3OS. The second kappa shape index (κ2) is 3.91. The fraction of sp³-hybridized carbons (Fsp3) is 0.750. The Balaban J connectivity index is 2.71. The van der Waals surface area contributed by atoms with Crippen molar-refractivity contribution in [2.24, 2.45) is 0 Å². The number of likely N-dealkylation sites (N-methyl/N-ethyl adjacent to an activating group) is 1. The van der Waals surface area contributed by atoms with E-state index in [9.17, 15) is 0 Å². The number of nitrogens with one attached hydrogen (secondary N) is 2. The van der Waals surface area contributed by atoms with Gasteiger partial charge in [0, 0.05) is 13.1 Å². The third-order valence-electron chi connectivity index (χ3n) is 2.26. The first-order valence-corrected chi connectivity index (χ1v) is 4.62. The van der Waals surface area contributed by atoms with Crippen molar-refractivity contribution in [1.82, 2.24) is 10.2 Å². The number of hydrogen-bond donors (Lipinski definition) is 2. The summed E-state index contributed by atoms with van der Waals surface area (Å²) in [5.41, 5.74) is 0. The van der Waals surface area contributed by atoms with Crippen LogP contribution in [0.15, 0.2) is 0 Å². The molecule has 2 unspecified atom stereocenters. The van der Waals surface area contributed by atoms with Gasteiger partial charge >= 0.3 is 0 Å². The Bertz CT molecular complexity index is 231. The number of nitrogens with zero attached hydrogens (tertiary/aromatic N) is 1. The van der Waals surface area contributed by atoms with Crippen LogP contribution < -0.4 is 5.32 Å². The van der Waals surface area contributed by atoms with E-state index in [2.05, 4.69) is 12.2 Å². The van der Waals surface area contributed by atoms with Crippen molar-refractivity contribution in [2.75, 3.05) is 14.2 Å². The standard InChI is InChI=1S/C8H15N3OS/c1-5-4-6(7(9)12-3)11(2)8(13)10-5/h5-6,9H,4H2,1-3H3,(H,10,13). The largest absolute Gasteiger partial charge is 0.483 e. The van der Waals surface area contributed by atoms with Gasteiger partial charge in [-0.15, -0.1) is 0 Å². The molecule has 0 aliphatic carbocycles. The van der Waals surface area contributed by atoms with E-state index < -0.39 is 0 Å². The van der Waals surface area contributed by atoms with Crippen LogP contribution in [0.1, 0.15) is 13.3 Å². The zero-order chi connectivity index (χ0) is 10.0. The average molecular weight is 201 g/mol. The van der Waals surface area contributed by atoms with Crippen molar-refractivity contribution in [1.29, 1.82) is 5.41 Å². The minimum atomic E-state index is -0.0197. The molecule has 0 bridgehead atoms. The van der Waals surface area contributed by atoms with Crippen LogP contribution in [0.2, 0.25) is 0 Å². The molecule has 0 aromatic rings. The first kappa shape index (κ1) is 10.2. The Labute approximate surface area is 83.8 Å². The molecule has 1 aliphatic heterocycles. The van der Waals surface area contributed by atoms with Gasteiger partial charge in [-0.25, -0.2) is 0 Å². The van der Waals surface area contributed by atoms with Crippen LogP contribution in [0, 0.1) is 5.41 Å². The Hall–Kier alpha value is -0.840. The molecule has 0 radical (unpaired) electrons. The zero-order valence-electron chi connectivity index (χ0n) is 8.13. The second-order valence-electron chi connectivity index (χ2n) is 3.28. The SMILES string of the molecule is COC(=N)C1CC(C)NC(=S)N1C. The number of thiocarbonyl (C=S) groups is 1. The van der Waals surface area contributed by atoms with Gasteiger partial charge in [0.2, 0.25) is 5.90 Å². The van der Waals surface area contributed by atoms with Gasteiger partial charge in [0.25, 0.3) is 0 Å². The maximum absolute atomic E-state index is 7.59. The topological polar surface area (TPSA) is 48.4 Å². The van der Waals surface area contributed by atoms with Crippen molar-refractivity contribution >= 4 is 23.2 Å². The Morgan fingerprint density at radius 2 is 2.38 bits per heavy atom. The number of rotatable bonds is 1. The highest BCUT2D eigenvalue weighted by Gasteiger charge is 2.29. The fourth-order valence-corrected chi connectivity index (χ4v) is 1.75. The molecule has 1 saturated heterocycles. The molecule has 13 heavy (non-hydrogen) atoms. The van der Waals surface area contributed by atoms with Crippen LogP contribution in [0.4, 0.5) is 0 Å². The lowest BCUT2D eigenvalue weighted by Gasteiger charge is -2.37. The van der Waals surface area contributed by atoms with E-state index in [0.717, 1.165) is 6.42 Å². The third kappa shape index (κ3) is 2.09. The normalized spacial score (nSPS) is 28.2. The number of hydrogen-bond acceptors (Lipinski definition) is 3. The van der Waals surface area contributed by atoms with Gasteiger partial charge in [0.1, 0.15) is 6.04 Å². The summed E-state index contributed by atoms with van der Waals surface area (Å²) in [5.74, 6) is 0.276. The number of methoxy groups -OCH3 is 1. The molecule has 0 aromatic heterocycles. The molecule has 1 aliphatic rings. The lowest BCUT2D eigenvalue weighted by molar-refractivity contribution is 0.282. The molecule has 4 nitrogen and oxygen atoms in total. The minimum Gasteiger partial charge on any atom is -0.483 e. The van der Waals surface area contributed by atoms with E-state index in [0.29, 0.717) is 11.2 Å². The van der Waals surface area contributed by atoms with Gasteiger partial charge in [0.05, 0.1) is 7.11 Å². The summed E-state index contributed by atoms with van der Waals surface area (Å²) in [7, 11) is 3.39. The van der Waals surface area contributed by atoms with Gasteiger partial charge in [-0.3, -0.25) is 5.41 Å². The molecular weight excluding hydrogens is 186 g/mol. The maximum atomic E-state index is 7.59. The Kier molecular flexibility index (Phi) is 3.08. The molecule has 0 amide bonds. The third-order valence-corrected chi connectivity index (χ3v) is 2.66. The van der Waals surface area contributed by atoms with Crippen molar-refractivity contribution < 1.29 is 4.74 Å². The molecule has 0 saturated carbocycles. The van der Waals surface area contributed by atoms with Gasteiger partial charge in [-0.2, -0.15) is 0 Å². The summed E-state index contributed by atoms with van der Waals surface area (Å²) in [6.45, 7) is 2.05. The van der Waals surface area contributed by atoms with E-state index in [1.165, 1.54) is 7.11 Å². The van der Waals surface area contributed by atoms with Crippen LogP contribution in [0.3, 0.4) is 0 Å². The van der Waals surface area contributed by atoms with E-state index >= 15 is 0 Å². The zero-order valence-corrected chi connectivity index (χ0v) is 8.94. The summed E-state index contributed by atoms with van der Waals surface area (Å²) in [4.78, 5) is 1.86. The predicted octanol–water partition coefficient (Wildman–Crippen LogP) is 0.577. The van der Waals surface area contributed by atoms with Crippen molar-refractivity contribution in [2.45, 2.75) is 25.4 Å². The van der Waals surface area contributed by atoms with E-state index in [1.54, 1.807) is 0 Å². The summed E-state index contributed by atoms with van der Waals surface area (Å²) < 4.78 is 4.91. The smallest absolute Gasteiger partial charge is 0.203 e. The van der Waals surface area contributed by atoms with Crippen LogP contribution >= 0.6 is 12.2 Å². The fourth-order valence-electron chi connectivity index (χ4n) is 1.43. The summed E-state index contributed by atoms with van der Waals surface area (Å²) >= 11 is 5.11. The molecule has 0 spiro atoms. The van der Waals surface area contributed by atoms with Crippen LogP contribution in [0.25, 0.3) is 0 Å². The van der Waals surface area contributed by atoms with Crippen molar-refractivity contribution in [3.63, 3.8) is 0 Å². The quantitative estimate of drug-likeness (QED) is 0.370. The van der Waals surface area contributed by atoms with Crippen LogP contribution in [0.5, 0.6) is 0 Å². The lowest BCUT2D eigenvalue weighted by Crippen LogP contribution is -2.56. The van der Waals surface area contributed by atoms with E-state index in [4.69, 9.17) is 22.4 Å². The van der Waals surface area contributed by atoms with E-state index in [1.807, 2.05) is 11.9 Å². The second-order valence-corrected chi connectivity index (χ2v) is 3.67. The van der Waals surface area contributed by atoms with Gasteiger partial charge in [-0.1, -0.05) is 0 Å². The van der Waals surface area contributed by atoms with Gasteiger partial charge in [0.15, 0.2) is 5.11 Å². The van der Waals surface area contributed by atoms with Crippen LogP contribution in [-0.2, 0) is 4.74 Å². The van der Waals surface area contributed by atoms with Gasteiger partial charge < -0.3 is 15.0 Å². The van der Waals surface area contributed by atoms with Crippen molar-refractivity contribution in [3.05, 3.63) is 0 Å². The molecule has 5 heteroatoms. The molecule has 74 valence electrons. The molecule has 1 rings (SSSR count). The first-order chi connectivity index (χ1) is 6.06. The Morgan fingerprint density at radius 1 is 1.77 bits per heavy atom. The molecule has 1 fully saturated rings. The summed E-state index contributed by atoms with van der Waals surface area (Å²) in [6.07, 6.45) is 0.851. The minimum absolute atomic E-state index is 0.0197. The summed E-state index contributed by atoms with van der Waals surface area (Å²) in [5, 5.41) is 11.4. The monoisotopic (exact) mass is 201 g/mol. The molecule has 0 aromatic carbocycles.